The number of nitrogens with one attached hydrogen (secondary N) is 1. The summed E-state index contributed by atoms with van der Waals surface area (Å²) in [7, 11) is 1.74. The van der Waals surface area contributed by atoms with Crippen molar-refractivity contribution < 1.29 is 4.74 Å². The van der Waals surface area contributed by atoms with E-state index in [1.807, 2.05) is 12.1 Å². The highest BCUT2D eigenvalue weighted by molar-refractivity contribution is 6.30. The van der Waals surface area contributed by atoms with E-state index in [1.165, 1.54) is 24.8 Å². The Kier molecular flexibility index (Phi) is 6.81. The Labute approximate surface area is 133 Å². The van der Waals surface area contributed by atoms with Gasteiger partial charge in [0, 0.05) is 36.3 Å². The van der Waals surface area contributed by atoms with Gasteiger partial charge in [-0.25, -0.2) is 0 Å². The average Bonchev–Trinajstić information content (AvgIpc) is 2.77. The van der Waals surface area contributed by atoms with Crippen LogP contribution in [-0.4, -0.2) is 38.2 Å². The van der Waals surface area contributed by atoms with E-state index in [9.17, 15) is 0 Å². The maximum absolute atomic E-state index is 6.24. The standard InChI is InChI=1S/C17H27ClN2O/c1-3-4-6-16(20-11-5-9-19-10-12-20)15-13-14(18)7-8-17(15)21-2/h7-8,13,16,19H,3-6,9-12H2,1-2H3. The van der Waals surface area contributed by atoms with Gasteiger partial charge < -0.3 is 10.1 Å². The van der Waals surface area contributed by atoms with E-state index < -0.39 is 0 Å². The highest BCUT2D eigenvalue weighted by Crippen LogP contribution is 2.35. The van der Waals surface area contributed by atoms with Crippen molar-refractivity contribution in [1.82, 2.24) is 10.2 Å². The number of ether oxygens (including phenoxy) is 1. The Bertz CT molecular complexity index is 431. The van der Waals surface area contributed by atoms with Crippen molar-refractivity contribution in [2.24, 2.45) is 0 Å². The van der Waals surface area contributed by atoms with Crippen molar-refractivity contribution in [2.45, 2.75) is 38.6 Å². The monoisotopic (exact) mass is 310 g/mol. The third kappa shape index (κ3) is 4.60. The summed E-state index contributed by atoms with van der Waals surface area (Å²) in [6, 6.07) is 6.38. The molecule has 0 bridgehead atoms. The van der Waals surface area contributed by atoms with E-state index >= 15 is 0 Å². The summed E-state index contributed by atoms with van der Waals surface area (Å²) in [6.45, 7) is 6.65. The van der Waals surface area contributed by atoms with Crippen LogP contribution in [0.15, 0.2) is 18.2 Å². The molecule has 0 spiro atoms. The smallest absolute Gasteiger partial charge is 0.123 e. The summed E-state index contributed by atoms with van der Waals surface area (Å²) >= 11 is 6.24. The number of methoxy groups -OCH3 is 1. The molecule has 21 heavy (non-hydrogen) atoms. The molecule has 1 atom stereocenters. The number of rotatable bonds is 6. The Balaban J connectivity index is 2.27. The van der Waals surface area contributed by atoms with Crippen LogP contribution in [0.4, 0.5) is 0 Å². The van der Waals surface area contributed by atoms with Gasteiger partial charge in [0.1, 0.15) is 5.75 Å². The molecule has 1 aromatic rings. The lowest BCUT2D eigenvalue weighted by atomic mass is 9.98. The molecular weight excluding hydrogens is 284 g/mol. The quantitative estimate of drug-likeness (QED) is 0.863. The molecule has 0 amide bonds. The molecule has 1 N–H and O–H groups in total. The maximum Gasteiger partial charge on any atom is 0.123 e. The summed E-state index contributed by atoms with van der Waals surface area (Å²) in [5.74, 6) is 0.956. The number of benzene rings is 1. The van der Waals surface area contributed by atoms with Gasteiger partial charge in [0.25, 0.3) is 0 Å². The third-order valence-corrected chi connectivity index (χ3v) is 4.43. The summed E-state index contributed by atoms with van der Waals surface area (Å²) in [5, 5.41) is 4.27. The summed E-state index contributed by atoms with van der Waals surface area (Å²) < 4.78 is 5.58. The van der Waals surface area contributed by atoms with E-state index in [4.69, 9.17) is 16.3 Å². The van der Waals surface area contributed by atoms with Crippen LogP contribution in [-0.2, 0) is 0 Å². The van der Waals surface area contributed by atoms with Crippen LogP contribution in [0.3, 0.4) is 0 Å². The van der Waals surface area contributed by atoms with Gasteiger partial charge in [0.2, 0.25) is 0 Å². The molecule has 1 saturated heterocycles. The van der Waals surface area contributed by atoms with Gasteiger partial charge >= 0.3 is 0 Å². The molecule has 3 nitrogen and oxygen atoms in total. The first kappa shape index (κ1) is 16.6. The third-order valence-electron chi connectivity index (χ3n) is 4.20. The number of hydrogen-bond donors (Lipinski definition) is 1. The van der Waals surface area contributed by atoms with Crippen LogP contribution in [0.2, 0.25) is 5.02 Å². The van der Waals surface area contributed by atoms with Gasteiger partial charge in [0.15, 0.2) is 0 Å². The molecule has 2 rings (SSSR count). The van der Waals surface area contributed by atoms with Crippen LogP contribution in [0.1, 0.15) is 44.2 Å². The normalized spacial score (nSPS) is 18.2. The fourth-order valence-corrected chi connectivity index (χ4v) is 3.26. The molecule has 1 unspecified atom stereocenters. The predicted octanol–water partition coefficient (Wildman–Crippen LogP) is 3.88. The van der Waals surface area contributed by atoms with Crippen LogP contribution in [0.25, 0.3) is 0 Å². The van der Waals surface area contributed by atoms with Gasteiger partial charge in [0.05, 0.1) is 7.11 Å². The molecular formula is C17H27ClN2O. The van der Waals surface area contributed by atoms with Crippen molar-refractivity contribution in [3.05, 3.63) is 28.8 Å². The van der Waals surface area contributed by atoms with E-state index in [2.05, 4.69) is 23.2 Å². The average molecular weight is 311 g/mol. The first-order chi connectivity index (χ1) is 10.3. The second-order valence-corrected chi connectivity index (χ2v) is 6.12. The van der Waals surface area contributed by atoms with Gasteiger partial charge in [-0.1, -0.05) is 31.4 Å². The second kappa shape index (κ2) is 8.62. The highest BCUT2D eigenvalue weighted by atomic mass is 35.5. The second-order valence-electron chi connectivity index (χ2n) is 5.68. The Morgan fingerprint density at radius 3 is 2.95 bits per heavy atom. The number of nitrogens with zero attached hydrogens (tertiary/aromatic N) is 1. The van der Waals surface area contributed by atoms with Gasteiger partial charge in [-0.15, -0.1) is 0 Å². The molecule has 0 aliphatic carbocycles. The van der Waals surface area contributed by atoms with Crippen molar-refractivity contribution >= 4 is 11.6 Å². The molecule has 0 aromatic heterocycles. The van der Waals surface area contributed by atoms with E-state index in [0.29, 0.717) is 6.04 Å². The minimum Gasteiger partial charge on any atom is -0.496 e. The number of unbranched alkanes of at least 4 members (excludes halogenated alkanes) is 1. The predicted molar refractivity (Wildman–Crippen MR) is 89.3 cm³/mol. The molecule has 0 saturated carbocycles. The highest BCUT2D eigenvalue weighted by Gasteiger charge is 2.24. The van der Waals surface area contributed by atoms with Crippen LogP contribution in [0.5, 0.6) is 5.75 Å². The van der Waals surface area contributed by atoms with Crippen molar-refractivity contribution in [3.63, 3.8) is 0 Å². The molecule has 1 heterocycles. The fraction of sp³-hybridized carbons (Fsp3) is 0.647. The van der Waals surface area contributed by atoms with Crippen molar-refractivity contribution in [3.8, 4) is 5.75 Å². The number of halogens is 1. The zero-order chi connectivity index (χ0) is 15.1. The van der Waals surface area contributed by atoms with Crippen LogP contribution in [0, 0.1) is 0 Å². The zero-order valence-electron chi connectivity index (χ0n) is 13.2. The largest absolute Gasteiger partial charge is 0.496 e. The maximum atomic E-state index is 6.24. The van der Waals surface area contributed by atoms with E-state index in [-0.39, 0.29) is 0 Å². The van der Waals surface area contributed by atoms with Crippen molar-refractivity contribution in [2.75, 3.05) is 33.3 Å². The first-order valence-electron chi connectivity index (χ1n) is 8.04. The molecule has 4 heteroatoms. The van der Waals surface area contributed by atoms with Crippen molar-refractivity contribution in [1.29, 1.82) is 0 Å². The lowest BCUT2D eigenvalue weighted by Crippen LogP contribution is -2.32. The SMILES string of the molecule is CCCCC(c1cc(Cl)ccc1OC)N1CCCNCC1. The van der Waals surface area contributed by atoms with Gasteiger partial charge in [-0.2, -0.15) is 0 Å². The molecule has 1 aliphatic rings. The summed E-state index contributed by atoms with van der Waals surface area (Å²) in [6.07, 6.45) is 4.80. The minimum absolute atomic E-state index is 0.401. The first-order valence-corrected chi connectivity index (χ1v) is 8.42. The number of hydrogen-bond acceptors (Lipinski definition) is 3. The Morgan fingerprint density at radius 2 is 2.19 bits per heavy atom. The minimum atomic E-state index is 0.401. The van der Waals surface area contributed by atoms with Gasteiger partial charge in [-0.3, -0.25) is 4.90 Å². The molecule has 1 fully saturated rings. The van der Waals surface area contributed by atoms with Crippen LogP contribution < -0.4 is 10.1 Å². The summed E-state index contributed by atoms with van der Waals surface area (Å²) in [4.78, 5) is 2.59. The topological polar surface area (TPSA) is 24.5 Å². The summed E-state index contributed by atoms with van der Waals surface area (Å²) in [5.41, 5.74) is 1.24. The fourth-order valence-electron chi connectivity index (χ4n) is 3.08. The zero-order valence-corrected chi connectivity index (χ0v) is 14.0. The lowest BCUT2D eigenvalue weighted by molar-refractivity contribution is 0.193. The van der Waals surface area contributed by atoms with Gasteiger partial charge in [-0.05, 0) is 37.6 Å². The molecule has 118 valence electrons. The molecule has 1 aromatic carbocycles. The van der Waals surface area contributed by atoms with E-state index in [1.54, 1.807) is 7.11 Å². The van der Waals surface area contributed by atoms with E-state index in [0.717, 1.165) is 43.4 Å². The Morgan fingerprint density at radius 1 is 1.33 bits per heavy atom. The lowest BCUT2D eigenvalue weighted by Gasteiger charge is -2.32. The molecule has 0 radical (unpaired) electrons. The Hall–Kier alpha value is -0.770. The molecule has 1 aliphatic heterocycles. The van der Waals surface area contributed by atoms with Crippen LogP contribution >= 0.6 is 11.6 Å².